The third-order valence-corrected chi connectivity index (χ3v) is 4.30. The predicted octanol–water partition coefficient (Wildman–Crippen LogP) is 3.13. The van der Waals surface area contributed by atoms with Crippen molar-refractivity contribution in [2.75, 3.05) is 13.1 Å². The Morgan fingerprint density at radius 3 is 2.58 bits per heavy atom. The highest BCUT2D eigenvalue weighted by atomic mass is 16.3. The molecule has 1 atom stereocenters. The van der Waals surface area contributed by atoms with Gasteiger partial charge in [0.2, 0.25) is 0 Å². The maximum absolute atomic E-state index is 9.57. The Labute approximate surface area is 114 Å². The normalized spacial score (nSPS) is 26.3. The Morgan fingerprint density at radius 2 is 1.89 bits per heavy atom. The number of nitrogens with zero attached hydrogens (tertiary/aromatic N) is 1. The maximum Gasteiger partial charge on any atom is 0.157 e. The van der Waals surface area contributed by atoms with Crippen LogP contribution in [0.2, 0.25) is 0 Å². The quantitative estimate of drug-likeness (QED) is 0.802. The van der Waals surface area contributed by atoms with Crippen LogP contribution in [-0.4, -0.2) is 34.2 Å². The van der Waals surface area contributed by atoms with Crippen LogP contribution in [0.4, 0.5) is 0 Å². The van der Waals surface area contributed by atoms with E-state index in [1.165, 1.54) is 44.3 Å². The lowest BCUT2D eigenvalue weighted by Gasteiger charge is -2.42. The molecule has 1 aromatic rings. The maximum atomic E-state index is 9.57. The third-order valence-electron chi connectivity index (χ3n) is 4.30. The number of aromatic hydroxyl groups is 2. The summed E-state index contributed by atoms with van der Waals surface area (Å²) in [7, 11) is 0. The third kappa shape index (κ3) is 2.61. The van der Waals surface area contributed by atoms with Crippen LogP contribution in [0.3, 0.4) is 0 Å². The molecule has 2 aliphatic rings. The predicted molar refractivity (Wildman–Crippen MR) is 76.2 cm³/mol. The topological polar surface area (TPSA) is 43.7 Å². The van der Waals surface area contributed by atoms with Gasteiger partial charge >= 0.3 is 0 Å². The van der Waals surface area contributed by atoms with Gasteiger partial charge in [0.05, 0.1) is 0 Å². The van der Waals surface area contributed by atoms with Crippen molar-refractivity contribution in [2.24, 2.45) is 0 Å². The van der Waals surface area contributed by atoms with Gasteiger partial charge in [-0.15, -0.1) is 0 Å². The molecule has 1 saturated heterocycles. The molecule has 1 unspecified atom stereocenters. The van der Waals surface area contributed by atoms with Crippen LogP contribution in [0.25, 0.3) is 6.08 Å². The summed E-state index contributed by atoms with van der Waals surface area (Å²) >= 11 is 0. The highest BCUT2D eigenvalue weighted by Crippen LogP contribution is 2.33. The SMILES string of the molecule is Oc1ccc(/C=C2/CCCCC2N2CCC2)cc1O. The molecule has 1 aliphatic carbocycles. The van der Waals surface area contributed by atoms with Crippen molar-refractivity contribution in [1.29, 1.82) is 0 Å². The van der Waals surface area contributed by atoms with E-state index in [1.54, 1.807) is 12.1 Å². The van der Waals surface area contributed by atoms with E-state index >= 15 is 0 Å². The van der Waals surface area contributed by atoms with Gasteiger partial charge in [0.15, 0.2) is 11.5 Å². The summed E-state index contributed by atoms with van der Waals surface area (Å²) in [6, 6.07) is 5.66. The van der Waals surface area contributed by atoms with Crippen LogP contribution in [0, 0.1) is 0 Å². The van der Waals surface area contributed by atoms with Crippen LogP contribution in [0.1, 0.15) is 37.7 Å². The zero-order chi connectivity index (χ0) is 13.2. The smallest absolute Gasteiger partial charge is 0.157 e. The van der Waals surface area contributed by atoms with E-state index in [1.807, 2.05) is 6.07 Å². The molecular weight excluding hydrogens is 238 g/mol. The number of phenols is 2. The molecule has 3 nitrogen and oxygen atoms in total. The van der Waals surface area contributed by atoms with Crippen LogP contribution < -0.4 is 0 Å². The van der Waals surface area contributed by atoms with Gasteiger partial charge in [-0.1, -0.05) is 24.1 Å². The summed E-state index contributed by atoms with van der Waals surface area (Å²) in [6.07, 6.45) is 8.52. The standard InChI is InChI=1S/C16H21NO2/c18-15-7-6-12(11-16(15)19)10-13-4-1-2-5-14(13)17-8-3-9-17/h6-7,10-11,14,18-19H,1-5,8-9H2/b13-10-. The summed E-state index contributed by atoms with van der Waals surface area (Å²) in [6.45, 7) is 2.45. The first kappa shape index (κ1) is 12.5. The highest BCUT2D eigenvalue weighted by molar-refractivity contribution is 5.58. The second kappa shape index (κ2) is 5.25. The molecular formula is C16H21NO2. The monoisotopic (exact) mass is 259 g/mol. The summed E-state index contributed by atoms with van der Waals surface area (Å²) in [5.74, 6) is -0.0873. The van der Waals surface area contributed by atoms with Gasteiger partial charge in [0.25, 0.3) is 0 Å². The summed E-state index contributed by atoms with van der Waals surface area (Å²) in [5, 5.41) is 18.9. The Bertz CT molecular complexity index is 492. The lowest BCUT2D eigenvalue weighted by atomic mass is 9.86. The minimum Gasteiger partial charge on any atom is -0.504 e. The molecule has 19 heavy (non-hydrogen) atoms. The van der Waals surface area contributed by atoms with Gasteiger partial charge in [0, 0.05) is 6.04 Å². The Balaban J connectivity index is 1.84. The second-order valence-electron chi connectivity index (χ2n) is 5.62. The fourth-order valence-electron chi connectivity index (χ4n) is 3.10. The molecule has 0 aromatic heterocycles. The molecule has 1 aliphatic heterocycles. The molecule has 3 heteroatoms. The van der Waals surface area contributed by atoms with E-state index in [9.17, 15) is 10.2 Å². The van der Waals surface area contributed by atoms with Gasteiger partial charge in [-0.2, -0.15) is 0 Å². The number of hydrogen-bond acceptors (Lipinski definition) is 3. The van der Waals surface area contributed by atoms with Gasteiger partial charge in [-0.05, 0) is 56.5 Å². The van der Waals surface area contributed by atoms with Crippen molar-refractivity contribution in [3.63, 3.8) is 0 Å². The number of rotatable bonds is 2. The molecule has 1 saturated carbocycles. The number of hydrogen-bond donors (Lipinski definition) is 2. The molecule has 0 radical (unpaired) electrons. The van der Waals surface area contributed by atoms with Crippen molar-refractivity contribution in [1.82, 2.24) is 4.90 Å². The molecule has 0 amide bonds. The first-order valence-electron chi connectivity index (χ1n) is 7.20. The minimum atomic E-state index is -0.0508. The van der Waals surface area contributed by atoms with Gasteiger partial charge < -0.3 is 10.2 Å². The van der Waals surface area contributed by atoms with Crippen molar-refractivity contribution < 1.29 is 10.2 Å². The summed E-state index contributed by atoms with van der Waals surface area (Å²) < 4.78 is 0. The van der Waals surface area contributed by atoms with Crippen LogP contribution in [0.5, 0.6) is 11.5 Å². The molecule has 1 heterocycles. The van der Waals surface area contributed by atoms with E-state index in [4.69, 9.17) is 0 Å². The fourth-order valence-corrected chi connectivity index (χ4v) is 3.10. The zero-order valence-corrected chi connectivity index (χ0v) is 11.2. The number of likely N-dealkylation sites (tertiary alicyclic amines) is 1. The first-order valence-corrected chi connectivity index (χ1v) is 7.20. The molecule has 102 valence electrons. The zero-order valence-electron chi connectivity index (χ0n) is 11.2. The lowest BCUT2D eigenvalue weighted by Crippen LogP contribution is -2.46. The fraction of sp³-hybridized carbons (Fsp3) is 0.500. The Hall–Kier alpha value is -1.48. The van der Waals surface area contributed by atoms with E-state index in [-0.39, 0.29) is 11.5 Å². The van der Waals surface area contributed by atoms with E-state index in [2.05, 4.69) is 11.0 Å². The number of phenolic OH excluding ortho intramolecular Hbond substituents is 2. The lowest BCUT2D eigenvalue weighted by molar-refractivity contribution is 0.121. The molecule has 2 fully saturated rings. The molecule has 2 N–H and O–H groups in total. The molecule has 1 aromatic carbocycles. The molecule has 0 bridgehead atoms. The van der Waals surface area contributed by atoms with Gasteiger partial charge in [-0.25, -0.2) is 0 Å². The Morgan fingerprint density at radius 1 is 1.05 bits per heavy atom. The van der Waals surface area contributed by atoms with Gasteiger partial charge in [0.1, 0.15) is 0 Å². The highest BCUT2D eigenvalue weighted by Gasteiger charge is 2.28. The average molecular weight is 259 g/mol. The molecule has 0 spiro atoms. The van der Waals surface area contributed by atoms with Crippen molar-refractivity contribution in [3.8, 4) is 11.5 Å². The largest absolute Gasteiger partial charge is 0.504 e. The Kier molecular flexibility index (Phi) is 3.47. The van der Waals surface area contributed by atoms with Crippen molar-refractivity contribution in [3.05, 3.63) is 29.3 Å². The first-order chi connectivity index (χ1) is 9.24. The van der Waals surface area contributed by atoms with E-state index in [0.717, 1.165) is 12.0 Å². The van der Waals surface area contributed by atoms with Gasteiger partial charge in [-0.3, -0.25) is 4.90 Å². The number of benzene rings is 1. The van der Waals surface area contributed by atoms with Crippen LogP contribution in [-0.2, 0) is 0 Å². The minimum absolute atomic E-state index is 0.0364. The summed E-state index contributed by atoms with van der Waals surface area (Å²) in [5.41, 5.74) is 2.47. The van der Waals surface area contributed by atoms with Crippen molar-refractivity contribution >= 4 is 6.08 Å². The average Bonchev–Trinajstić information content (AvgIpc) is 2.34. The molecule has 3 rings (SSSR count). The second-order valence-corrected chi connectivity index (χ2v) is 5.62. The van der Waals surface area contributed by atoms with Crippen molar-refractivity contribution in [2.45, 2.75) is 38.1 Å². The van der Waals surface area contributed by atoms with Crippen LogP contribution >= 0.6 is 0 Å². The van der Waals surface area contributed by atoms with E-state index < -0.39 is 0 Å². The summed E-state index contributed by atoms with van der Waals surface area (Å²) in [4.78, 5) is 2.56. The van der Waals surface area contributed by atoms with Crippen LogP contribution in [0.15, 0.2) is 23.8 Å². The van der Waals surface area contributed by atoms with E-state index in [0.29, 0.717) is 6.04 Å².